The molecule has 0 aliphatic heterocycles. The van der Waals surface area contributed by atoms with Gasteiger partial charge in [-0.15, -0.1) is 0 Å². The lowest BCUT2D eigenvalue weighted by molar-refractivity contribution is -0.143. The minimum atomic E-state index is -4.86. The average molecular weight is 432 g/mol. The van der Waals surface area contributed by atoms with Gasteiger partial charge in [-0.1, -0.05) is 0 Å². The van der Waals surface area contributed by atoms with Gasteiger partial charge in [-0.2, -0.15) is 18.3 Å². The Kier molecular flexibility index (Phi) is 6.05. The second kappa shape index (κ2) is 8.69. The molecule has 1 heterocycles. The molecule has 0 atom stereocenters. The maximum atomic E-state index is 13.7. The third-order valence-corrected chi connectivity index (χ3v) is 4.12. The fourth-order valence-corrected chi connectivity index (χ4v) is 2.71. The second-order valence-corrected chi connectivity index (χ2v) is 6.15. The van der Waals surface area contributed by atoms with E-state index in [1.807, 2.05) is 0 Å². The van der Waals surface area contributed by atoms with Gasteiger partial charge in [0.1, 0.15) is 5.75 Å². The number of carbonyl (C=O) groups is 3. The summed E-state index contributed by atoms with van der Waals surface area (Å²) in [6.45, 7) is 0. The first-order valence-electron chi connectivity index (χ1n) is 8.70. The lowest BCUT2D eigenvalue weighted by atomic mass is 10.2. The first kappa shape index (κ1) is 21.6. The highest BCUT2D eigenvalue weighted by Gasteiger charge is 2.40. The molecule has 2 aromatic carbocycles. The van der Waals surface area contributed by atoms with E-state index in [9.17, 15) is 27.6 Å². The summed E-state index contributed by atoms with van der Waals surface area (Å²) in [5, 5.41) is 8.37. The molecule has 0 spiro atoms. The third-order valence-electron chi connectivity index (χ3n) is 4.12. The highest BCUT2D eigenvalue weighted by atomic mass is 19.4. The van der Waals surface area contributed by atoms with Crippen molar-refractivity contribution in [2.75, 3.05) is 17.7 Å². The minimum absolute atomic E-state index is 0.0921. The zero-order valence-electron chi connectivity index (χ0n) is 15.9. The van der Waals surface area contributed by atoms with Gasteiger partial charge in [-0.3, -0.25) is 14.4 Å². The van der Waals surface area contributed by atoms with Crippen molar-refractivity contribution in [3.63, 3.8) is 0 Å². The number of aldehydes is 1. The molecule has 0 radical (unpaired) electrons. The van der Waals surface area contributed by atoms with Crippen molar-refractivity contribution in [2.45, 2.75) is 6.18 Å². The van der Waals surface area contributed by atoms with Gasteiger partial charge in [0.05, 0.1) is 24.6 Å². The van der Waals surface area contributed by atoms with Crippen LogP contribution >= 0.6 is 0 Å². The van der Waals surface area contributed by atoms with Gasteiger partial charge in [0.25, 0.3) is 11.8 Å². The molecular formula is C20H15F3N4O4. The summed E-state index contributed by atoms with van der Waals surface area (Å²) >= 11 is 0. The minimum Gasteiger partial charge on any atom is -0.497 e. The van der Waals surface area contributed by atoms with Crippen molar-refractivity contribution < 1.29 is 32.3 Å². The summed E-state index contributed by atoms with van der Waals surface area (Å²) in [6, 6.07) is 11.2. The molecular weight excluding hydrogens is 417 g/mol. The molecule has 0 unspecified atom stereocenters. The number of anilines is 2. The first-order valence-corrected chi connectivity index (χ1v) is 8.70. The molecule has 31 heavy (non-hydrogen) atoms. The van der Waals surface area contributed by atoms with Gasteiger partial charge in [-0.05, 0) is 48.5 Å². The van der Waals surface area contributed by atoms with Crippen LogP contribution < -0.4 is 15.4 Å². The van der Waals surface area contributed by atoms with Crippen LogP contribution in [0.15, 0.2) is 54.7 Å². The van der Waals surface area contributed by atoms with E-state index in [-0.39, 0.29) is 23.3 Å². The zero-order valence-corrected chi connectivity index (χ0v) is 15.9. The lowest BCUT2D eigenvalue weighted by Gasteiger charge is -2.13. The summed E-state index contributed by atoms with van der Waals surface area (Å²) in [4.78, 5) is 33.9. The van der Waals surface area contributed by atoms with Crippen LogP contribution in [0.5, 0.6) is 5.75 Å². The van der Waals surface area contributed by atoms with E-state index in [2.05, 4.69) is 15.7 Å². The average Bonchev–Trinajstić information content (AvgIpc) is 3.21. The maximum Gasteiger partial charge on any atom is 0.434 e. The summed E-state index contributed by atoms with van der Waals surface area (Å²) in [6.07, 6.45) is -3.93. The normalized spacial score (nSPS) is 11.0. The molecule has 0 aliphatic rings. The standard InChI is InChI=1S/C20H15F3N4O4/c1-31-15-8-6-14(7-9-15)27-18(20(21,22)23)16(10-24-27)19(30)26-13-4-2-12(3-5-13)25-17(29)11-28/h2-11H,1H3,(H,25,29)(H,26,30). The molecule has 160 valence electrons. The number of amides is 2. The zero-order chi connectivity index (χ0) is 22.6. The number of benzene rings is 2. The Balaban J connectivity index is 1.88. The lowest BCUT2D eigenvalue weighted by Crippen LogP contribution is -2.20. The number of nitrogens with one attached hydrogen (secondary N) is 2. The number of halogens is 3. The topological polar surface area (TPSA) is 102 Å². The predicted molar refractivity (Wildman–Crippen MR) is 104 cm³/mol. The van der Waals surface area contributed by atoms with E-state index in [4.69, 9.17) is 4.74 Å². The molecule has 3 aromatic rings. The van der Waals surface area contributed by atoms with E-state index in [1.54, 1.807) is 0 Å². The number of hydrogen-bond acceptors (Lipinski definition) is 5. The van der Waals surface area contributed by atoms with Crippen molar-refractivity contribution in [1.82, 2.24) is 9.78 Å². The van der Waals surface area contributed by atoms with Crippen molar-refractivity contribution in [3.05, 3.63) is 66.0 Å². The number of aromatic nitrogens is 2. The fourth-order valence-electron chi connectivity index (χ4n) is 2.71. The molecule has 0 saturated heterocycles. The van der Waals surface area contributed by atoms with Crippen LogP contribution in [-0.4, -0.2) is 35.0 Å². The molecule has 0 fully saturated rings. The highest BCUT2D eigenvalue weighted by Crippen LogP contribution is 2.34. The van der Waals surface area contributed by atoms with Crippen LogP contribution in [0.3, 0.4) is 0 Å². The summed E-state index contributed by atoms with van der Waals surface area (Å²) in [7, 11) is 1.43. The van der Waals surface area contributed by atoms with Crippen LogP contribution in [0, 0.1) is 0 Å². The van der Waals surface area contributed by atoms with Crippen molar-refractivity contribution in [1.29, 1.82) is 0 Å². The molecule has 0 aliphatic carbocycles. The Hall–Kier alpha value is -4.15. The van der Waals surface area contributed by atoms with E-state index in [0.29, 0.717) is 10.4 Å². The van der Waals surface area contributed by atoms with Gasteiger partial charge >= 0.3 is 6.18 Å². The maximum absolute atomic E-state index is 13.7. The van der Waals surface area contributed by atoms with Crippen LogP contribution in [-0.2, 0) is 15.8 Å². The Bertz CT molecular complexity index is 1110. The van der Waals surface area contributed by atoms with Crippen molar-refractivity contribution in [2.24, 2.45) is 0 Å². The molecule has 2 amide bonds. The van der Waals surface area contributed by atoms with E-state index in [1.165, 1.54) is 55.6 Å². The van der Waals surface area contributed by atoms with Crippen LogP contribution in [0.2, 0.25) is 0 Å². The number of hydrogen-bond donors (Lipinski definition) is 2. The molecule has 0 bridgehead atoms. The van der Waals surface area contributed by atoms with E-state index >= 15 is 0 Å². The summed E-state index contributed by atoms with van der Waals surface area (Å²) in [5.41, 5.74) is -1.34. The molecule has 8 nitrogen and oxygen atoms in total. The first-order chi connectivity index (χ1) is 14.7. The van der Waals surface area contributed by atoms with Crippen LogP contribution in [0.1, 0.15) is 16.1 Å². The number of rotatable bonds is 6. The Labute approximate surface area is 173 Å². The smallest absolute Gasteiger partial charge is 0.434 e. The second-order valence-electron chi connectivity index (χ2n) is 6.15. The summed E-state index contributed by atoms with van der Waals surface area (Å²) in [5.74, 6) is -1.43. The van der Waals surface area contributed by atoms with Crippen molar-refractivity contribution >= 4 is 29.5 Å². The molecule has 3 rings (SSSR count). The highest BCUT2D eigenvalue weighted by molar-refractivity contribution is 6.29. The number of methoxy groups -OCH3 is 1. The molecule has 11 heteroatoms. The van der Waals surface area contributed by atoms with Gasteiger partial charge in [0.2, 0.25) is 6.29 Å². The quantitative estimate of drug-likeness (QED) is 0.460. The van der Waals surface area contributed by atoms with Gasteiger partial charge in [-0.25, -0.2) is 4.68 Å². The van der Waals surface area contributed by atoms with Gasteiger partial charge in [0.15, 0.2) is 5.69 Å². The largest absolute Gasteiger partial charge is 0.497 e. The number of ether oxygens (including phenoxy) is 1. The summed E-state index contributed by atoms with van der Waals surface area (Å²) < 4.78 is 46.9. The molecule has 2 N–H and O–H groups in total. The Morgan fingerprint density at radius 1 is 1.00 bits per heavy atom. The SMILES string of the molecule is COc1ccc(-n2ncc(C(=O)Nc3ccc(NC(=O)C=O)cc3)c2C(F)(F)F)cc1. The number of carbonyl (C=O) groups excluding carboxylic acids is 3. The molecule has 1 aromatic heterocycles. The number of nitrogens with zero attached hydrogens (tertiary/aromatic N) is 2. The van der Waals surface area contributed by atoms with E-state index in [0.717, 1.165) is 6.20 Å². The van der Waals surface area contributed by atoms with E-state index < -0.39 is 29.2 Å². The monoisotopic (exact) mass is 432 g/mol. The Morgan fingerprint density at radius 3 is 2.10 bits per heavy atom. The molecule has 0 saturated carbocycles. The van der Waals surface area contributed by atoms with Gasteiger partial charge in [0, 0.05) is 11.4 Å². The van der Waals surface area contributed by atoms with Gasteiger partial charge < -0.3 is 15.4 Å². The third kappa shape index (κ3) is 4.89. The Morgan fingerprint density at radius 2 is 1.58 bits per heavy atom. The van der Waals surface area contributed by atoms with Crippen LogP contribution in [0.4, 0.5) is 24.5 Å². The fraction of sp³-hybridized carbons (Fsp3) is 0.100. The number of alkyl halides is 3. The van der Waals surface area contributed by atoms with Crippen LogP contribution in [0.25, 0.3) is 5.69 Å². The van der Waals surface area contributed by atoms with Crippen molar-refractivity contribution in [3.8, 4) is 11.4 Å². The predicted octanol–water partition coefficient (Wildman–Crippen LogP) is 3.29.